The summed E-state index contributed by atoms with van der Waals surface area (Å²) in [4.78, 5) is 9.03. The van der Waals surface area contributed by atoms with Gasteiger partial charge in [-0.05, 0) is 67.2 Å². The number of nitrogens with zero attached hydrogens (tertiary/aromatic N) is 4. The molecule has 0 unspecified atom stereocenters. The lowest BCUT2D eigenvalue weighted by Gasteiger charge is -2.28. The van der Waals surface area contributed by atoms with Gasteiger partial charge in [0.1, 0.15) is 0 Å². The van der Waals surface area contributed by atoms with Gasteiger partial charge in [-0.15, -0.1) is 0 Å². The molecule has 150 valence electrons. The van der Waals surface area contributed by atoms with Gasteiger partial charge in [-0.2, -0.15) is 0 Å². The minimum Gasteiger partial charge on any atom is -0.378 e. The molecule has 1 aliphatic heterocycles. The van der Waals surface area contributed by atoms with E-state index in [0.29, 0.717) is 0 Å². The zero-order valence-electron chi connectivity index (χ0n) is 17.1. The molecule has 2 aromatic heterocycles. The highest BCUT2D eigenvalue weighted by atomic mass is 32.1. The van der Waals surface area contributed by atoms with Crippen molar-refractivity contribution in [3.63, 3.8) is 0 Å². The van der Waals surface area contributed by atoms with Crippen molar-refractivity contribution >= 4 is 23.0 Å². The van der Waals surface area contributed by atoms with Crippen molar-refractivity contribution < 1.29 is 0 Å². The minimum absolute atomic E-state index is 0.0185. The maximum absolute atomic E-state index is 5.71. The van der Waals surface area contributed by atoms with Crippen molar-refractivity contribution in [1.82, 2.24) is 19.8 Å². The van der Waals surface area contributed by atoms with Crippen molar-refractivity contribution in [2.75, 3.05) is 25.5 Å². The molecule has 5 nitrogen and oxygen atoms in total. The van der Waals surface area contributed by atoms with Gasteiger partial charge in [0.15, 0.2) is 5.11 Å². The molecule has 1 N–H and O–H groups in total. The fourth-order valence-corrected chi connectivity index (χ4v) is 4.32. The van der Waals surface area contributed by atoms with E-state index in [1.807, 2.05) is 18.3 Å². The lowest BCUT2D eigenvalue weighted by molar-refractivity contribution is 0.309. The Morgan fingerprint density at radius 2 is 1.86 bits per heavy atom. The predicted molar refractivity (Wildman–Crippen MR) is 123 cm³/mol. The van der Waals surface area contributed by atoms with Crippen molar-refractivity contribution in [1.29, 1.82) is 0 Å². The van der Waals surface area contributed by atoms with Crippen LogP contribution in [-0.2, 0) is 0 Å². The molecule has 0 radical (unpaired) electrons. The maximum atomic E-state index is 5.71. The van der Waals surface area contributed by atoms with Crippen LogP contribution in [0.4, 0.5) is 5.69 Å². The zero-order valence-corrected chi connectivity index (χ0v) is 17.9. The summed E-state index contributed by atoms with van der Waals surface area (Å²) >= 11 is 5.71. The van der Waals surface area contributed by atoms with Crippen LogP contribution in [0.2, 0.25) is 0 Å². The Morgan fingerprint density at radius 1 is 1.07 bits per heavy atom. The highest BCUT2D eigenvalue weighted by Gasteiger charge is 2.40. The molecule has 4 rings (SSSR count). The number of anilines is 1. The fraction of sp³-hybridized carbons (Fsp3) is 0.304. The van der Waals surface area contributed by atoms with E-state index in [0.717, 1.165) is 29.5 Å². The van der Waals surface area contributed by atoms with Crippen LogP contribution >= 0.6 is 12.2 Å². The number of benzene rings is 1. The second-order valence-corrected chi connectivity index (χ2v) is 7.92. The van der Waals surface area contributed by atoms with Crippen LogP contribution in [0.5, 0.6) is 0 Å². The summed E-state index contributed by atoms with van der Waals surface area (Å²) in [5, 5.41) is 4.32. The third kappa shape index (κ3) is 3.72. The van der Waals surface area contributed by atoms with Crippen LogP contribution in [0.3, 0.4) is 0 Å². The van der Waals surface area contributed by atoms with Gasteiger partial charge in [0.2, 0.25) is 0 Å². The summed E-state index contributed by atoms with van der Waals surface area (Å²) in [7, 11) is 4.11. The number of hydrogen-bond acceptors (Lipinski definition) is 3. The number of thiocarbonyl (C=S) groups is 1. The topological polar surface area (TPSA) is 36.3 Å². The van der Waals surface area contributed by atoms with E-state index in [4.69, 9.17) is 12.2 Å². The first-order valence-corrected chi connectivity index (χ1v) is 10.4. The van der Waals surface area contributed by atoms with Crippen LogP contribution in [-0.4, -0.2) is 40.2 Å². The van der Waals surface area contributed by atoms with E-state index in [-0.39, 0.29) is 12.1 Å². The molecule has 1 fully saturated rings. The van der Waals surface area contributed by atoms with Crippen molar-refractivity contribution in [3.05, 3.63) is 78.4 Å². The molecule has 29 heavy (non-hydrogen) atoms. The quantitative estimate of drug-likeness (QED) is 0.618. The molecular formula is C23H27N5S. The maximum Gasteiger partial charge on any atom is 0.170 e. The van der Waals surface area contributed by atoms with Gasteiger partial charge >= 0.3 is 0 Å². The molecule has 0 amide bonds. The highest BCUT2D eigenvalue weighted by Crippen LogP contribution is 2.39. The predicted octanol–water partition coefficient (Wildman–Crippen LogP) is 4.32. The van der Waals surface area contributed by atoms with Gasteiger partial charge in [-0.25, -0.2) is 0 Å². The van der Waals surface area contributed by atoms with Crippen molar-refractivity contribution in [2.45, 2.75) is 25.4 Å². The molecule has 1 aromatic carbocycles. The van der Waals surface area contributed by atoms with E-state index >= 15 is 0 Å². The van der Waals surface area contributed by atoms with Crippen LogP contribution in [0.1, 0.15) is 36.8 Å². The molecule has 6 heteroatoms. The lowest BCUT2D eigenvalue weighted by Crippen LogP contribution is -2.31. The number of aromatic nitrogens is 2. The molecule has 3 aromatic rings. The Labute approximate surface area is 178 Å². The summed E-state index contributed by atoms with van der Waals surface area (Å²) in [6.45, 7) is 3.09. The summed E-state index contributed by atoms with van der Waals surface area (Å²) < 4.78 is 2.26. The van der Waals surface area contributed by atoms with Gasteiger partial charge in [-0.3, -0.25) is 4.98 Å². The Hall–Kier alpha value is -2.86. The standard InChI is InChI=1S/C23H27N5S/c1-4-15-28-22(21(25-23(28)29)19-8-5-6-14-24-19)20-9-7-16-27(20)18-12-10-17(11-13-18)26(2)3/h5-14,16,21-22H,4,15H2,1-3H3,(H,25,29)/t21-,22+/m0/s1. The van der Waals surface area contributed by atoms with E-state index in [1.165, 1.54) is 11.4 Å². The average Bonchev–Trinajstić information content (AvgIpc) is 3.34. The smallest absolute Gasteiger partial charge is 0.170 e. The second kappa shape index (κ2) is 8.25. The van der Waals surface area contributed by atoms with Gasteiger partial charge in [0.05, 0.1) is 17.8 Å². The Balaban J connectivity index is 1.76. The average molecular weight is 406 g/mol. The Kier molecular flexibility index (Phi) is 5.53. The molecule has 0 aliphatic carbocycles. The molecule has 0 bridgehead atoms. The number of hydrogen-bond donors (Lipinski definition) is 1. The van der Waals surface area contributed by atoms with Crippen LogP contribution in [0.15, 0.2) is 67.0 Å². The SMILES string of the molecule is CCCN1C(=S)N[C@@H](c2ccccn2)[C@H]1c1cccn1-c1ccc(N(C)C)cc1. The Morgan fingerprint density at radius 3 is 2.52 bits per heavy atom. The van der Waals surface area contributed by atoms with Gasteiger partial charge < -0.3 is 19.7 Å². The molecule has 0 saturated carbocycles. The summed E-state index contributed by atoms with van der Waals surface area (Å²) in [5.41, 5.74) is 4.54. The summed E-state index contributed by atoms with van der Waals surface area (Å²) in [6, 6.07) is 19.1. The van der Waals surface area contributed by atoms with Crippen LogP contribution < -0.4 is 10.2 Å². The lowest BCUT2D eigenvalue weighted by atomic mass is 10.0. The second-order valence-electron chi connectivity index (χ2n) is 7.53. The molecule has 1 aliphatic rings. The molecule has 1 saturated heterocycles. The first-order chi connectivity index (χ1) is 14.1. The van der Waals surface area contributed by atoms with Crippen LogP contribution in [0.25, 0.3) is 5.69 Å². The molecule has 0 spiro atoms. The highest BCUT2D eigenvalue weighted by molar-refractivity contribution is 7.80. The fourth-order valence-electron chi connectivity index (χ4n) is 3.99. The van der Waals surface area contributed by atoms with E-state index in [1.54, 1.807) is 0 Å². The zero-order chi connectivity index (χ0) is 20.4. The first kappa shape index (κ1) is 19.5. The number of nitrogens with one attached hydrogen (secondary N) is 1. The van der Waals surface area contributed by atoms with E-state index < -0.39 is 0 Å². The molecule has 3 heterocycles. The largest absolute Gasteiger partial charge is 0.378 e. The third-order valence-corrected chi connectivity index (χ3v) is 5.74. The monoisotopic (exact) mass is 405 g/mol. The third-order valence-electron chi connectivity index (χ3n) is 5.39. The summed E-state index contributed by atoms with van der Waals surface area (Å²) in [5.74, 6) is 0. The number of rotatable bonds is 6. The van der Waals surface area contributed by atoms with Gasteiger partial charge in [0.25, 0.3) is 0 Å². The van der Waals surface area contributed by atoms with Gasteiger partial charge in [-0.1, -0.05) is 13.0 Å². The number of pyridine rings is 1. The minimum atomic E-state index is 0.0185. The van der Waals surface area contributed by atoms with Crippen LogP contribution in [0, 0.1) is 0 Å². The molecule has 2 atom stereocenters. The van der Waals surface area contributed by atoms with Gasteiger partial charge in [0, 0.05) is 50.1 Å². The van der Waals surface area contributed by atoms with E-state index in [2.05, 4.69) is 94.3 Å². The first-order valence-electron chi connectivity index (χ1n) is 10.0. The molecular weight excluding hydrogens is 378 g/mol. The van der Waals surface area contributed by atoms with E-state index in [9.17, 15) is 0 Å². The van der Waals surface area contributed by atoms with Crippen molar-refractivity contribution in [2.24, 2.45) is 0 Å². The Bertz CT molecular complexity index is 964. The van der Waals surface area contributed by atoms with Crippen molar-refractivity contribution in [3.8, 4) is 5.69 Å². The normalized spacial score (nSPS) is 18.7. The summed E-state index contributed by atoms with van der Waals surface area (Å²) in [6.07, 6.45) is 5.01.